The maximum Gasteiger partial charge on any atom is 0.407 e. The normalized spacial score (nSPS) is 14.0. The van der Waals surface area contributed by atoms with Crippen LogP contribution < -0.4 is 10.6 Å². The number of fused-ring (bicyclic) bond motifs is 3. The molecule has 0 saturated carbocycles. The van der Waals surface area contributed by atoms with Gasteiger partial charge < -0.3 is 25.6 Å². The standard InChI is InChI=1S/C26H26N2O5/c1-27-25(31)17-12-10-16(11-13-17)24(30)23(29)14-28-26(32)33-15-22-20-8-4-2-6-18(20)19-7-3-5-9-21(19)22/h2-13,22-24,29-30H,14-15H2,1H3,(H,27,31)(H,28,32). The Morgan fingerprint density at radius 1 is 0.909 bits per heavy atom. The van der Waals surface area contributed by atoms with Gasteiger partial charge in [-0.3, -0.25) is 4.79 Å². The highest BCUT2D eigenvalue weighted by molar-refractivity contribution is 5.93. The number of ether oxygens (including phenoxy) is 1. The third-order valence-corrected chi connectivity index (χ3v) is 5.91. The van der Waals surface area contributed by atoms with Gasteiger partial charge in [-0.1, -0.05) is 60.7 Å². The van der Waals surface area contributed by atoms with Gasteiger partial charge in [0.15, 0.2) is 0 Å². The van der Waals surface area contributed by atoms with Crippen molar-refractivity contribution in [2.75, 3.05) is 20.2 Å². The van der Waals surface area contributed by atoms with Crippen LogP contribution in [0.2, 0.25) is 0 Å². The Morgan fingerprint density at radius 3 is 2.06 bits per heavy atom. The topological polar surface area (TPSA) is 108 Å². The Labute approximate surface area is 192 Å². The summed E-state index contributed by atoms with van der Waals surface area (Å²) in [7, 11) is 1.53. The molecule has 2 atom stereocenters. The van der Waals surface area contributed by atoms with E-state index in [0.717, 1.165) is 22.3 Å². The van der Waals surface area contributed by atoms with Gasteiger partial charge in [0.25, 0.3) is 5.91 Å². The van der Waals surface area contributed by atoms with E-state index in [1.54, 1.807) is 24.3 Å². The van der Waals surface area contributed by atoms with Crippen molar-refractivity contribution in [3.63, 3.8) is 0 Å². The summed E-state index contributed by atoms with van der Waals surface area (Å²) < 4.78 is 5.44. The number of rotatable bonds is 7. The van der Waals surface area contributed by atoms with Gasteiger partial charge in [0.1, 0.15) is 18.8 Å². The van der Waals surface area contributed by atoms with Crippen molar-refractivity contribution in [2.24, 2.45) is 0 Å². The predicted molar refractivity (Wildman–Crippen MR) is 124 cm³/mol. The second-order valence-corrected chi connectivity index (χ2v) is 7.92. The SMILES string of the molecule is CNC(=O)c1ccc(C(O)C(O)CNC(=O)OCC2c3ccccc3-c3ccccc32)cc1. The molecule has 0 saturated heterocycles. The highest BCUT2D eigenvalue weighted by Crippen LogP contribution is 2.44. The fourth-order valence-electron chi connectivity index (χ4n) is 4.15. The number of nitrogens with one attached hydrogen (secondary N) is 2. The van der Waals surface area contributed by atoms with Crippen LogP contribution in [0.5, 0.6) is 0 Å². The highest BCUT2D eigenvalue weighted by Gasteiger charge is 2.29. The minimum Gasteiger partial charge on any atom is -0.449 e. The predicted octanol–water partition coefficient (Wildman–Crippen LogP) is 2.98. The van der Waals surface area contributed by atoms with E-state index >= 15 is 0 Å². The molecule has 7 heteroatoms. The molecule has 0 heterocycles. The summed E-state index contributed by atoms with van der Waals surface area (Å²) in [5, 5.41) is 25.7. The summed E-state index contributed by atoms with van der Waals surface area (Å²) in [6.07, 6.45) is -3.13. The van der Waals surface area contributed by atoms with Gasteiger partial charge in [-0.15, -0.1) is 0 Å². The molecule has 3 aromatic carbocycles. The minimum atomic E-state index is -1.24. The maximum absolute atomic E-state index is 12.3. The van der Waals surface area contributed by atoms with Gasteiger partial charge in [-0.05, 0) is 39.9 Å². The lowest BCUT2D eigenvalue weighted by molar-refractivity contribution is 0.0185. The molecule has 170 valence electrons. The zero-order valence-corrected chi connectivity index (χ0v) is 18.2. The van der Waals surface area contributed by atoms with Gasteiger partial charge in [0, 0.05) is 25.1 Å². The lowest BCUT2D eigenvalue weighted by Crippen LogP contribution is -2.36. The van der Waals surface area contributed by atoms with Gasteiger partial charge in [-0.2, -0.15) is 0 Å². The Bertz CT molecular complexity index is 1100. The van der Waals surface area contributed by atoms with Crippen molar-refractivity contribution in [1.29, 1.82) is 0 Å². The Morgan fingerprint density at radius 2 is 1.48 bits per heavy atom. The average Bonchev–Trinajstić information content (AvgIpc) is 3.18. The van der Waals surface area contributed by atoms with E-state index in [1.165, 1.54) is 7.05 Å². The van der Waals surface area contributed by atoms with E-state index in [0.29, 0.717) is 11.1 Å². The molecule has 1 aliphatic rings. The van der Waals surface area contributed by atoms with Crippen LogP contribution >= 0.6 is 0 Å². The molecule has 4 rings (SSSR count). The molecule has 2 unspecified atom stereocenters. The van der Waals surface area contributed by atoms with Gasteiger partial charge in [0.2, 0.25) is 0 Å². The first-order valence-electron chi connectivity index (χ1n) is 10.8. The number of carbonyl (C=O) groups is 2. The number of hydrogen-bond donors (Lipinski definition) is 4. The van der Waals surface area contributed by atoms with E-state index < -0.39 is 18.3 Å². The van der Waals surface area contributed by atoms with Gasteiger partial charge in [-0.25, -0.2) is 4.79 Å². The first kappa shape index (κ1) is 22.5. The second kappa shape index (κ2) is 9.85. The first-order valence-corrected chi connectivity index (χ1v) is 10.8. The summed E-state index contributed by atoms with van der Waals surface area (Å²) in [4.78, 5) is 23.9. The molecule has 0 bridgehead atoms. The molecule has 0 fully saturated rings. The maximum atomic E-state index is 12.3. The molecule has 0 aromatic heterocycles. The van der Waals surface area contributed by atoms with Crippen LogP contribution in [0.1, 0.15) is 39.1 Å². The molecule has 7 nitrogen and oxygen atoms in total. The monoisotopic (exact) mass is 446 g/mol. The third-order valence-electron chi connectivity index (χ3n) is 5.91. The van der Waals surface area contributed by atoms with Crippen LogP contribution in [-0.2, 0) is 4.74 Å². The molecule has 4 N–H and O–H groups in total. The molecule has 1 aliphatic carbocycles. The minimum absolute atomic E-state index is 0.0579. The van der Waals surface area contributed by atoms with Crippen molar-refractivity contribution >= 4 is 12.0 Å². The van der Waals surface area contributed by atoms with Gasteiger partial charge >= 0.3 is 6.09 Å². The first-order chi connectivity index (χ1) is 16.0. The third kappa shape index (κ3) is 4.74. The number of aliphatic hydroxyl groups excluding tert-OH is 2. The fraction of sp³-hybridized carbons (Fsp3) is 0.231. The lowest BCUT2D eigenvalue weighted by atomic mass is 9.98. The summed E-state index contributed by atoms with van der Waals surface area (Å²) in [5.41, 5.74) is 5.39. The number of amides is 2. The van der Waals surface area contributed by atoms with Crippen molar-refractivity contribution in [1.82, 2.24) is 10.6 Å². The summed E-state index contributed by atoms with van der Waals surface area (Å²) in [5.74, 6) is -0.300. The molecule has 0 spiro atoms. The van der Waals surface area contributed by atoms with E-state index in [9.17, 15) is 19.8 Å². The largest absolute Gasteiger partial charge is 0.449 e. The fourth-order valence-corrected chi connectivity index (χ4v) is 4.15. The number of hydrogen-bond acceptors (Lipinski definition) is 5. The quantitative estimate of drug-likeness (QED) is 0.446. The second-order valence-electron chi connectivity index (χ2n) is 7.92. The summed E-state index contributed by atoms with van der Waals surface area (Å²) in [6, 6.07) is 22.4. The van der Waals surface area contributed by atoms with Crippen LogP contribution in [0.3, 0.4) is 0 Å². The van der Waals surface area contributed by atoms with Crippen LogP contribution in [0.15, 0.2) is 72.8 Å². The average molecular weight is 447 g/mol. The Kier molecular flexibility index (Phi) is 6.72. The van der Waals surface area contributed by atoms with Crippen LogP contribution in [-0.4, -0.2) is 48.5 Å². The zero-order valence-electron chi connectivity index (χ0n) is 18.2. The van der Waals surface area contributed by atoms with E-state index in [-0.39, 0.29) is 25.0 Å². The number of aliphatic hydroxyl groups is 2. The van der Waals surface area contributed by atoms with E-state index in [4.69, 9.17) is 4.74 Å². The van der Waals surface area contributed by atoms with Gasteiger partial charge in [0.05, 0.1) is 0 Å². The zero-order chi connectivity index (χ0) is 23.4. The summed E-state index contributed by atoms with van der Waals surface area (Å²) in [6.45, 7) is -0.0193. The van der Waals surface area contributed by atoms with Crippen LogP contribution in [0.25, 0.3) is 11.1 Å². The molecular formula is C26H26N2O5. The Balaban J connectivity index is 1.31. The smallest absolute Gasteiger partial charge is 0.407 e. The van der Waals surface area contributed by atoms with Crippen molar-refractivity contribution in [2.45, 2.75) is 18.1 Å². The molecule has 2 amide bonds. The molecule has 0 aliphatic heterocycles. The van der Waals surface area contributed by atoms with Crippen LogP contribution in [0.4, 0.5) is 4.79 Å². The highest BCUT2D eigenvalue weighted by atomic mass is 16.5. The van der Waals surface area contributed by atoms with Crippen LogP contribution in [0, 0.1) is 0 Å². The Hall–Kier alpha value is -3.68. The summed E-state index contributed by atoms with van der Waals surface area (Å²) >= 11 is 0. The lowest BCUT2D eigenvalue weighted by Gasteiger charge is -2.19. The number of benzene rings is 3. The molecular weight excluding hydrogens is 420 g/mol. The van der Waals surface area contributed by atoms with Crippen molar-refractivity contribution in [3.8, 4) is 11.1 Å². The number of carbonyl (C=O) groups excluding carboxylic acids is 2. The number of alkyl carbamates (subject to hydrolysis) is 1. The molecule has 0 radical (unpaired) electrons. The van der Waals surface area contributed by atoms with E-state index in [2.05, 4.69) is 22.8 Å². The molecule has 33 heavy (non-hydrogen) atoms. The molecule has 3 aromatic rings. The van der Waals surface area contributed by atoms with Crippen molar-refractivity contribution < 1.29 is 24.5 Å². The van der Waals surface area contributed by atoms with Crippen molar-refractivity contribution in [3.05, 3.63) is 95.1 Å². The van der Waals surface area contributed by atoms with E-state index in [1.807, 2.05) is 36.4 Å².